The number of nitrogens with zero attached hydrogens (tertiary/aromatic N) is 1. The number of aromatic nitrogens is 2. The summed E-state index contributed by atoms with van der Waals surface area (Å²) in [4.78, 5) is 31.9. The van der Waals surface area contributed by atoms with E-state index >= 15 is 0 Å². The molecule has 0 saturated carbocycles. The summed E-state index contributed by atoms with van der Waals surface area (Å²) in [5, 5.41) is 5.81. The molecule has 2 bridgehead atoms. The highest BCUT2D eigenvalue weighted by atomic mass is 35.5. The van der Waals surface area contributed by atoms with E-state index in [0.717, 1.165) is 0 Å². The van der Waals surface area contributed by atoms with Crippen LogP contribution in [0.25, 0.3) is 11.3 Å². The molecule has 0 aliphatic carbocycles. The molecule has 0 radical (unpaired) electrons. The third kappa shape index (κ3) is 5.59. The summed E-state index contributed by atoms with van der Waals surface area (Å²) in [7, 11) is 1.52. The molecule has 1 aromatic carbocycles. The van der Waals surface area contributed by atoms with Crippen molar-refractivity contribution in [2.75, 3.05) is 31.0 Å². The molecule has 2 aromatic rings. The van der Waals surface area contributed by atoms with Crippen molar-refractivity contribution in [1.29, 1.82) is 0 Å². The Labute approximate surface area is 179 Å². The van der Waals surface area contributed by atoms with Gasteiger partial charge in [0.1, 0.15) is 23.3 Å². The van der Waals surface area contributed by atoms with E-state index in [2.05, 4.69) is 20.6 Å². The van der Waals surface area contributed by atoms with E-state index in [4.69, 9.17) is 26.8 Å². The van der Waals surface area contributed by atoms with Gasteiger partial charge in [0.25, 0.3) is 0 Å². The fourth-order valence-electron chi connectivity index (χ4n) is 2.93. The molecule has 0 unspecified atom stereocenters. The normalized spacial score (nSPS) is 17.6. The Hall–Kier alpha value is -2.88. The summed E-state index contributed by atoms with van der Waals surface area (Å²) in [5.41, 5.74) is 8.18. The zero-order valence-electron chi connectivity index (χ0n) is 16.5. The summed E-state index contributed by atoms with van der Waals surface area (Å²) >= 11 is 6.37. The van der Waals surface area contributed by atoms with Gasteiger partial charge in [-0.05, 0) is 31.0 Å². The second-order valence-electron chi connectivity index (χ2n) is 6.70. The van der Waals surface area contributed by atoms with Crippen molar-refractivity contribution in [3.8, 4) is 11.3 Å². The predicted molar refractivity (Wildman–Crippen MR) is 114 cm³/mol. The summed E-state index contributed by atoms with van der Waals surface area (Å²) < 4.78 is 9.86. The van der Waals surface area contributed by atoms with Crippen LogP contribution in [0.2, 0.25) is 5.15 Å². The van der Waals surface area contributed by atoms with Crippen LogP contribution in [0.15, 0.2) is 30.4 Å². The first-order valence-electron chi connectivity index (χ1n) is 9.51. The van der Waals surface area contributed by atoms with E-state index in [1.807, 2.05) is 12.2 Å². The molecule has 30 heavy (non-hydrogen) atoms. The van der Waals surface area contributed by atoms with Gasteiger partial charge in [-0.1, -0.05) is 23.8 Å². The van der Waals surface area contributed by atoms with E-state index < -0.39 is 6.09 Å². The standard InChI is InChI=1S/C20H24ClN5O4/c1-29-9-10-30-20(28)23-12-7-8-13-15(11-12)24-16(27)6-4-2-3-5-14(22)19-25-17(13)18(21)26-19/h2-3,7-8,11,14H,4-6,9-10,22H2,1H3,(H,23,28)(H,24,27)(H,25,26)/b3-2-/t14-/m0/s1. The van der Waals surface area contributed by atoms with Crippen LogP contribution < -0.4 is 16.4 Å². The van der Waals surface area contributed by atoms with Gasteiger partial charge >= 0.3 is 6.09 Å². The Balaban J connectivity index is 1.92. The molecule has 2 heterocycles. The van der Waals surface area contributed by atoms with Crippen molar-refractivity contribution in [1.82, 2.24) is 9.97 Å². The number of rotatable bonds is 4. The molecule has 1 aromatic heterocycles. The summed E-state index contributed by atoms with van der Waals surface area (Å²) in [6.07, 6.45) is 4.68. The Bertz CT molecular complexity index is 943. The highest BCUT2D eigenvalue weighted by Crippen LogP contribution is 2.35. The van der Waals surface area contributed by atoms with Crippen LogP contribution in [0, 0.1) is 0 Å². The number of hydrogen-bond donors (Lipinski definition) is 4. The number of halogens is 1. The molecule has 0 saturated heterocycles. The van der Waals surface area contributed by atoms with Crippen molar-refractivity contribution in [3.63, 3.8) is 0 Å². The van der Waals surface area contributed by atoms with Crippen LogP contribution in [0.5, 0.6) is 0 Å². The van der Waals surface area contributed by atoms with Gasteiger partial charge in [0.15, 0.2) is 0 Å². The quantitative estimate of drug-likeness (QED) is 0.430. The maximum Gasteiger partial charge on any atom is 0.411 e. The summed E-state index contributed by atoms with van der Waals surface area (Å²) in [6, 6.07) is 4.68. The van der Waals surface area contributed by atoms with Gasteiger partial charge in [-0.15, -0.1) is 0 Å². The van der Waals surface area contributed by atoms with E-state index in [9.17, 15) is 9.59 Å². The lowest BCUT2D eigenvalue weighted by molar-refractivity contribution is -0.116. The van der Waals surface area contributed by atoms with Crippen LogP contribution >= 0.6 is 11.6 Å². The highest BCUT2D eigenvalue weighted by Gasteiger charge is 2.19. The number of imidazole rings is 1. The number of anilines is 2. The van der Waals surface area contributed by atoms with Crippen molar-refractivity contribution >= 4 is 35.0 Å². The lowest BCUT2D eigenvalue weighted by Crippen LogP contribution is -2.17. The zero-order valence-corrected chi connectivity index (χ0v) is 17.3. The second-order valence-corrected chi connectivity index (χ2v) is 7.08. The molecule has 3 rings (SSSR count). The van der Waals surface area contributed by atoms with Crippen LogP contribution in [0.4, 0.5) is 16.2 Å². The first-order valence-corrected chi connectivity index (χ1v) is 9.88. The molecule has 5 N–H and O–H groups in total. The third-order valence-electron chi connectivity index (χ3n) is 4.44. The number of benzene rings is 1. The molecule has 160 valence electrons. The van der Waals surface area contributed by atoms with E-state index in [0.29, 0.717) is 59.5 Å². The number of methoxy groups -OCH3 is 1. The minimum absolute atomic E-state index is 0.128. The molecule has 0 fully saturated rings. The van der Waals surface area contributed by atoms with Gasteiger partial charge in [-0.2, -0.15) is 0 Å². The molecule has 10 heteroatoms. The predicted octanol–water partition coefficient (Wildman–Crippen LogP) is 3.60. The maximum atomic E-state index is 12.4. The van der Waals surface area contributed by atoms with Gasteiger partial charge < -0.3 is 25.5 Å². The second kappa shape index (κ2) is 10.2. The smallest absolute Gasteiger partial charge is 0.411 e. The Morgan fingerprint density at radius 2 is 2.20 bits per heavy atom. The number of aromatic amines is 1. The Morgan fingerprint density at radius 3 is 3.00 bits per heavy atom. The topological polar surface area (TPSA) is 131 Å². The average Bonchev–Trinajstić information content (AvgIpc) is 3.09. The number of ether oxygens (including phenoxy) is 2. The molecule has 1 aliphatic rings. The summed E-state index contributed by atoms with van der Waals surface area (Å²) in [6.45, 7) is 0.424. The van der Waals surface area contributed by atoms with Gasteiger partial charge in [0.2, 0.25) is 5.91 Å². The Morgan fingerprint density at radius 1 is 1.37 bits per heavy atom. The van der Waals surface area contributed by atoms with Crippen LogP contribution in [-0.4, -0.2) is 42.3 Å². The van der Waals surface area contributed by atoms with Gasteiger partial charge in [-0.3, -0.25) is 10.1 Å². The number of H-pyrrole nitrogens is 1. The van der Waals surface area contributed by atoms with Crippen molar-refractivity contribution in [3.05, 3.63) is 41.3 Å². The summed E-state index contributed by atoms with van der Waals surface area (Å²) in [5.74, 6) is 0.385. The van der Waals surface area contributed by atoms with E-state index in [1.165, 1.54) is 7.11 Å². The largest absolute Gasteiger partial charge is 0.447 e. The number of amides is 2. The maximum absolute atomic E-state index is 12.4. The zero-order chi connectivity index (χ0) is 21.5. The van der Waals surface area contributed by atoms with E-state index in [-0.39, 0.29) is 18.6 Å². The van der Waals surface area contributed by atoms with Crippen LogP contribution in [0.3, 0.4) is 0 Å². The minimum atomic E-state index is -0.626. The fraction of sp³-hybridized carbons (Fsp3) is 0.350. The number of fused-ring (bicyclic) bond motifs is 4. The van der Waals surface area contributed by atoms with Crippen molar-refractivity contribution in [2.24, 2.45) is 5.73 Å². The van der Waals surface area contributed by atoms with Gasteiger partial charge in [0.05, 0.1) is 18.3 Å². The first-order chi connectivity index (χ1) is 14.5. The number of carbonyl (C=O) groups is 2. The molecule has 1 atom stereocenters. The molecular formula is C20H24ClN5O4. The molecule has 1 aliphatic heterocycles. The SMILES string of the molecule is COCCOC(=O)Nc1ccc2c(c1)NC(=O)CC/C=C\C[C@H](N)c1nc-2c(Cl)[nH]1. The molecule has 2 amide bonds. The molecular weight excluding hydrogens is 410 g/mol. The van der Waals surface area contributed by atoms with Crippen molar-refractivity contribution < 1.29 is 19.1 Å². The molecule has 0 spiro atoms. The minimum Gasteiger partial charge on any atom is -0.447 e. The van der Waals surface area contributed by atoms with Crippen LogP contribution in [-0.2, 0) is 14.3 Å². The van der Waals surface area contributed by atoms with Gasteiger partial charge in [-0.25, -0.2) is 9.78 Å². The average molecular weight is 434 g/mol. The number of hydrogen-bond acceptors (Lipinski definition) is 6. The van der Waals surface area contributed by atoms with E-state index in [1.54, 1.807) is 18.2 Å². The monoisotopic (exact) mass is 433 g/mol. The van der Waals surface area contributed by atoms with Crippen LogP contribution in [0.1, 0.15) is 31.1 Å². The molecule has 9 nitrogen and oxygen atoms in total. The highest BCUT2D eigenvalue weighted by molar-refractivity contribution is 6.32. The van der Waals surface area contributed by atoms with Crippen molar-refractivity contribution in [2.45, 2.75) is 25.3 Å². The third-order valence-corrected chi connectivity index (χ3v) is 4.71. The Kier molecular flexibility index (Phi) is 7.45. The first kappa shape index (κ1) is 21.8. The lowest BCUT2D eigenvalue weighted by Gasteiger charge is -2.13. The number of allylic oxidation sites excluding steroid dienone is 1. The van der Waals surface area contributed by atoms with Gasteiger partial charge in [0, 0.05) is 24.8 Å². The number of nitrogens with two attached hydrogens (primary N) is 1. The number of nitrogens with one attached hydrogen (secondary N) is 3. The lowest BCUT2D eigenvalue weighted by atomic mass is 10.1. The number of carbonyl (C=O) groups excluding carboxylic acids is 2. The fourth-order valence-corrected chi connectivity index (χ4v) is 3.17.